The van der Waals surface area contributed by atoms with Crippen molar-refractivity contribution in [1.82, 2.24) is 4.98 Å². The van der Waals surface area contributed by atoms with E-state index >= 15 is 0 Å². The molecule has 3 N–H and O–H groups in total. The van der Waals surface area contributed by atoms with E-state index in [1.807, 2.05) is 19.1 Å². The molecular weight excluding hydrogens is 270 g/mol. The molecule has 0 spiro atoms. The fourth-order valence-corrected chi connectivity index (χ4v) is 2.53. The first kappa shape index (κ1) is 14.9. The van der Waals surface area contributed by atoms with Crippen LogP contribution in [0, 0.1) is 6.92 Å². The molecule has 1 unspecified atom stereocenters. The van der Waals surface area contributed by atoms with Crippen molar-refractivity contribution >= 4 is 45.0 Å². The fourth-order valence-electron chi connectivity index (χ4n) is 1.55. The monoisotopic (exact) mass is 285 g/mol. The second-order valence-corrected chi connectivity index (χ2v) is 5.25. The van der Waals surface area contributed by atoms with Crippen LogP contribution in [0.4, 0.5) is 5.13 Å². The number of nitrogens with one attached hydrogen (secondary N) is 1. The van der Waals surface area contributed by atoms with Gasteiger partial charge in [-0.2, -0.15) is 0 Å². The summed E-state index contributed by atoms with van der Waals surface area (Å²) in [5.41, 5.74) is 7.67. The van der Waals surface area contributed by atoms with Gasteiger partial charge in [0.2, 0.25) is 5.91 Å². The number of aromatic nitrogens is 1. The van der Waals surface area contributed by atoms with Crippen LogP contribution in [-0.4, -0.2) is 16.9 Å². The van der Waals surface area contributed by atoms with Gasteiger partial charge in [0, 0.05) is 12.5 Å². The number of hydrogen-bond acceptors (Lipinski definition) is 4. The van der Waals surface area contributed by atoms with E-state index in [1.165, 1.54) is 16.9 Å². The maximum atomic E-state index is 11.5. The number of carbonyl (C=O) groups excluding carboxylic acids is 1. The molecule has 6 heteroatoms. The number of fused-ring (bicyclic) bond motifs is 1. The van der Waals surface area contributed by atoms with Gasteiger partial charge in [-0.15, -0.1) is 12.4 Å². The molecule has 1 heterocycles. The van der Waals surface area contributed by atoms with Crippen molar-refractivity contribution in [1.29, 1.82) is 0 Å². The van der Waals surface area contributed by atoms with Gasteiger partial charge in [0.05, 0.1) is 10.2 Å². The minimum atomic E-state index is -0.133. The fraction of sp³-hybridized carbons (Fsp3) is 0.333. The van der Waals surface area contributed by atoms with Gasteiger partial charge in [-0.3, -0.25) is 4.79 Å². The van der Waals surface area contributed by atoms with Crippen LogP contribution >= 0.6 is 23.7 Å². The van der Waals surface area contributed by atoms with Crippen LogP contribution in [-0.2, 0) is 4.79 Å². The number of hydrogen-bond donors (Lipinski definition) is 2. The molecule has 0 fully saturated rings. The Balaban J connectivity index is 0.00000162. The van der Waals surface area contributed by atoms with Gasteiger partial charge in [-0.05, 0) is 31.5 Å². The number of carbonyl (C=O) groups is 1. The van der Waals surface area contributed by atoms with Gasteiger partial charge in [0.15, 0.2) is 5.13 Å². The van der Waals surface area contributed by atoms with Crippen LogP contribution in [0.2, 0.25) is 0 Å². The predicted molar refractivity (Wildman–Crippen MR) is 78.5 cm³/mol. The van der Waals surface area contributed by atoms with Gasteiger partial charge in [-0.1, -0.05) is 17.4 Å². The van der Waals surface area contributed by atoms with Gasteiger partial charge >= 0.3 is 0 Å². The maximum absolute atomic E-state index is 11.5. The van der Waals surface area contributed by atoms with Crippen LogP contribution in [0.3, 0.4) is 0 Å². The number of amides is 1. The van der Waals surface area contributed by atoms with Crippen molar-refractivity contribution in [3.05, 3.63) is 23.8 Å². The number of halogens is 1. The lowest BCUT2D eigenvalue weighted by Gasteiger charge is -2.03. The van der Waals surface area contributed by atoms with Crippen molar-refractivity contribution in [2.24, 2.45) is 5.73 Å². The summed E-state index contributed by atoms with van der Waals surface area (Å²) in [7, 11) is 0. The molecular formula is C12H16ClN3OS. The third kappa shape index (κ3) is 3.66. The van der Waals surface area contributed by atoms with Gasteiger partial charge < -0.3 is 11.1 Å². The van der Waals surface area contributed by atoms with E-state index in [-0.39, 0.29) is 24.4 Å². The van der Waals surface area contributed by atoms with Crippen molar-refractivity contribution in [2.45, 2.75) is 26.3 Å². The smallest absolute Gasteiger partial charge is 0.227 e. The van der Waals surface area contributed by atoms with Crippen LogP contribution in [0.1, 0.15) is 18.9 Å². The molecule has 0 saturated carbocycles. The van der Waals surface area contributed by atoms with Crippen molar-refractivity contribution < 1.29 is 4.79 Å². The zero-order valence-electron chi connectivity index (χ0n) is 10.3. The number of rotatable bonds is 3. The Morgan fingerprint density at radius 3 is 2.94 bits per heavy atom. The molecule has 1 aromatic heterocycles. The van der Waals surface area contributed by atoms with E-state index in [2.05, 4.69) is 16.4 Å². The summed E-state index contributed by atoms with van der Waals surface area (Å²) in [5, 5.41) is 3.41. The Morgan fingerprint density at radius 1 is 1.56 bits per heavy atom. The lowest BCUT2D eigenvalue weighted by atomic mass is 10.2. The van der Waals surface area contributed by atoms with E-state index in [1.54, 1.807) is 6.92 Å². The SMILES string of the molecule is Cc1ccc2nc(NC(=O)CC(C)N)sc2c1.Cl. The highest BCUT2D eigenvalue weighted by molar-refractivity contribution is 7.22. The second kappa shape index (κ2) is 6.13. The number of benzene rings is 1. The summed E-state index contributed by atoms with van der Waals surface area (Å²) in [6, 6.07) is 5.90. The summed E-state index contributed by atoms with van der Waals surface area (Å²) in [6.45, 7) is 3.84. The summed E-state index contributed by atoms with van der Waals surface area (Å²) >= 11 is 1.48. The molecule has 0 saturated heterocycles. The van der Waals surface area contributed by atoms with Crippen LogP contribution in [0.25, 0.3) is 10.2 Å². The number of nitrogens with zero attached hydrogens (tertiary/aromatic N) is 1. The molecule has 2 aromatic rings. The lowest BCUT2D eigenvalue weighted by Crippen LogP contribution is -2.23. The highest BCUT2D eigenvalue weighted by Crippen LogP contribution is 2.26. The Labute approximate surface area is 116 Å². The third-order valence-electron chi connectivity index (χ3n) is 2.30. The molecule has 1 aromatic carbocycles. The van der Waals surface area contributed by atoms with Gasteiger partial charge in [-0.25, -0.2) is 4.98 Å². The minimum absolute atomic E-state index is 0. The highest BCUT2D eigenvalue weighted by atomic mass is 35.5. The molecule has 2 rings (SSSR count). The second-order valence-electron chi connectivity index (χ2n) is 4.22. The average Bonchev–Trinajstić information content (AvgIpc) is 2.57. The largest absolute Gasteiger partial charge is 0.327 e. The van der Waals surface area contributed by atoms with E-state index in [0.717, 1.165) is 10.2 Å². The summed E-state index contributed by atoms with van der Waals surface area (Å²) in [6.07, 6.45) is 0.314. The van der Waals surface area contributed by atoms with E-state index < -0.39 is 0 Å². The number of nitrogens with two attached hydrogens (primary N) is 1. The molecule has 0 aliphatic rings. The average molecular weight is 286 g/mol. The molecule has 1 amide bonds. The third-order valence-corrected chi connectivity index (χ3v) is 3.23. The number of thiazole rings is 1. The van der Waals surface area contributed by atoms with E-state index in [9.17, 15) is 4.79 Å². The quantitative estimate of drug-likeness (QED) is 0.911. The molecule has 4 nitrogen and oxygen atoms in total. The topological polar surface area (TPSA) is 68.0 Å². The van der Waals surface area contributed by atoms with Gasteiger partial charge in [0.1, 0.15) is 0 Å². The number of anilines is 1. The molecule has 0 radical (unpaired) electrons. The Morgan fingerprint density at radius 2 is 2.28 bits per heavy atom. The van der Waals surface area contributed by atoms with Crippen molar-refractivity contribution in [3.8, 4) is 0 Å². The first-order valence-corrected chi connectivity index (χ1v) is 6.29. The maximum Gasteiger partial charge on any atom is 0.227 e. The lowest BCUT2D eigenvalue weighted by molar-refractivity contribution is -0.116. The Kier molecular flexibility index (Phi) is 5.07. The minimum Gasteiger partial charge on any atom is -0.327 e. The van der Waals surface area contributed by atoms with E-state index in [4.69, 9.17) is 5.73 Å². The summed E-state index contributed by atoms with van der Waals surface area (Å²) in [5.74, 6) is -0.0872. The van der Waals surface area contributed by atoms with Gasteiger partial charge in [0.25, 0.3) is 0 Å². The normalized spacial score (nSPS) is 11.9. The van der Waals surface area contributed by atoms with Crippen LogP contribution in [0.5, 0.6) is 0 Å². The Hall–Kier alpha value is -1.17. The molecule has 0 aliphatic heterocycles. The molecule has 1 atom stereocenters. The molecule has 0 aliphatic carbocycles. The first-order valence-electron chi connectivity index (χ1n) is 5.47. The predicted octanol–water partition coefficient (Wildman–Crippen LogP) is 2.70. The molecule has 0 bridgehead atoms. The zero-order chi connectivity index (χ0) is 12.4. The van der Waals surface area contributed by atoms with Crippen LogP contribution in [0.15, 0.2) is 18.2 Å². The van der Waals surface area contributed by atoms with Crippen LogP contribution < -0.4 is 11.1 Å². The standard InChI is InChI=1S/C12H15N3OS.ClH/c1-7-3-4-9-10(5-7)17-12(14-9)15-11(16)6-8(2)13;/h3-5,8H,6,13H2,1-2H3,(H,14,15,16);1H. The summed E-state index contributed by atoms with van der Waals surface area (Å²) < 4.78 is 1.08. The van der Waals surface area contributed by atoms with Crippen molar-refractivity contribution in [3.63, 3.8) is 0 Å². The zero-order valence-corrected chi connectivity index (χ0v) is 11.9. The highest BCUT2D eigenvalue weighted by Gasteiger charge is 2.09. The molecule has 18 heavy (non-hydrogen) atoms. The molecule has 98 valence electrons. The van der Waals surface area contributed by atoms with Crippen molar-refractivity contribution in [2.75, 3.05) is 5.32 Å². The first-order chi connectivity index (χ1) is 8.04. The Bertz CT molecular complexity index is 553. The van der Waals surface area contributed by atoms with E-state index in [0.29, 0.717) is 11.6 Å². The summed E-state index contributed by atoms with van der Waals surface area (Å²) in [4.78, 5) is 15.9. The number of aryl methyl sites for hydroxylation is 1.